The Morgan fingerprint density at radius 2 is 1.88 bits per heavy atom. The lowest BCUT2D eigenvalue weighted by molar-refractivity contribution is -0.124. The first kappa shape index (κ1) is 22.1. The summed E-state index contributed by atoms with van der Waals surface area (Å²) in [6.45, 7) is 4.76. The van der Waals surface area contributed by atoms with Crippen LogP contribution in [0.15, 0.2) is 57.0 Å². The van der Waals surface area contributed by atoms with Crippen LogP contribution < -0.4 is 10.0 Å². The number of nitrogens with zero attached hydrogens (tertiary/aromatic N) is 2. The van der Waals surface area contributed by atoms with Gasteiger partial charge in [-0.2, -0.15) is 0 Å². The minimum Gasteiger partial charge on any atom is -0.459 e. The van der Waals surface area contributed by atoms with E-state index in [1.54, 1.807) is 35.2 Å². The van der Waals surface area contributed by atoms with Crippen LogP contribution in [0, 0.1) is 5.92 Å². The molecule has 1 saturated heterocycles. The number of hydrogen-bond donors (Lipinski definition) is 2. The van der Waals surface area contributed by atoms with Crippen LogP contribution in [-0.4, -0.2) is 56.1 Å². The van der Waals surface area contributed by atoms with Gasteiger partial charge in [0.15, 0.2) is 5.76 Å². The van der Waals surface area contributed by atoms with Gasteiger partial charge in [-0.15, -0.1) is 0 Å². The standard InChI is InChI=1S/C22H26N4O5S/c1-14(2)19(24-20-16-6-3-4-8-18(16)32(29,30)25-20)21(27)23-15-9-11-26(12-10-15)22(28)17-7-5-13-31-17/h3-8,13-15,19H,9-12H2,1-2H3,(H,23,27)(H,24,25)/t19-/m0/s1. The van der Waals surface area contributed by atoms with Crippen molar-refractivity contribution >= 4 is 27.7 Å². The third-order valence-electron chi connectivity index (χ3n) is 5.69. The summed E-state index contributed by atoms with van der Waals surface area (Å²) in [4.78, 5) is 31.8. The zero-order valence-electron chi connectivity index (χ0n) is 17.9. The largest absolute Gasteiger partial charge is 0.459 e. The molecule has 4 rings (SSSR count). The molecule has 2 amide bonds. The van der Waals surface area contributed by atoms with Crippen molar-refractivity contribution in [2.45, 2.75) is 43.7 Å². The number of rotatable bonds is 5. The van der Waals surface area contributed by atoms with Crippen LogP contribution in [0.4, 0.5) is 0 Å². The predicted octanol–water partition coefficient (Wildman–Crippen LogP) is 1.76. The molecule has 0 spiro atoms. The van der Waals surface area contributed by atoms with Crippen molar-refractivity contribution in [2.75, 3.05) is 13.1 Å². The number of aliphatic imine (C=N–C) groups is 1. The smallest absolute Gasteiger partial charge is 0.289 e. The molecule has 0 aliphatic carbocycles. The number of benzene rings is 1. The summed E-state index contributed by atoms with van der Waals surface area (Å²) in [5.41, 5.74) is 0.468. The molecule has 1 atom stereocenters. The maximum absolute atomic E-state index is 13.0. The zero-order valence-corrected chi connectivity index (χ0v) is 18.8. The Morgan fingerprint density at radius 1 is 1.16 bits per heavy atom. The molecule has 1 aromatic heterocycles. The number of amides is 2. The van der Waals surface area contributed by atoms with Gasteiger partial charge in [0.05, 0.1) is 11.2 Å². The summed E-state index contributed by atoms with van der Waals surface area (Å²) < 4.78 is 32.3. The highest BCUT2D eigenvalue weighted by Crippen LogP contribution is 2.24. The predicted molar refractivity (Wildman–Crippen MR) is 118 cm³/mol. The lowest BCUT2D eigenvalue weighted by atomic mass is 10.0. The van der Waals surface area contributed by atoms with Crippen LogP contribution in [-0.2, 0) is 14.8 Å². The van der Waals surface area contributed by atoms with E-state index in [2.05, 4.69) is 15.0 Å². The summed E-state index contributed by atoms with van der Waals surface area (Å²) in [5.74, 6) is -0.0542. The normalized spacial score (nSPS) is 20.1. The van der Waals surface area contributed by atoms with E-state index in [0.717, 1.165) is 0 Å². The first-order chi connectivity index (χ1) is 15.3. The molecule has 0 unspecified atom stereocenters. The van der Waals surface area contributed by atoms with Gasteiger partial charge in [-0.05, 0) is 43.0 Å². The Balaban J connectivity index is 1.42. The number of nitrogens with one attached hydrogen (secondary N) is 2. The van der Waals surface area contributed by atoms with Crippen LogP contribution in [0.1, 0.15) is 42.8 Å². The number of amidine groups is 1. The maximum atomic E-state index is 13.0. The number of piperidine rings is 1. The molecule has 2 aromatic rings. The van der Waals surface area contributed by atoms with Crippen LogP contribution in [0.25, 0.3) is 0 Å². The third-order valence-corrected chi connectivity index (χ3v) is 7.09. The highest BCUT2D eigenvalue weighted by atomic mass is 32.2. The molecular formula is C22H26N4O5S. The molecule has 3 heterocycles. The fourth-order valence-electron chi connectivity index (χ4n) is 3.95. The van der Waals surface area contributed by atoms with E-state index < -0.39 is 16.1 Å². The Kier molecular flexibility index (Phi) is 6.05. The first-order valence-corrected chi connectivity index (χ1v) is 12.1. The van der Waals surface area contributed by atoms with Gasteiger partial charge < -0.3 is 14.6 Å². The van der Waals surface area contributed by atoms with Gasteiger partial charge in [-0.3, -0.25) is 19.3 Å². The second-order valence-corrected chi connectivity index (χ2v) is 9.97. The van der Waals surface area contributed by atoms with Crippen molar-refractivity contribution in [2.24, 2.45) is 10.9 Å². The average molecular weight is 459 g/mol. The van der Waals surface area contributed by atoms with Gasteiger partial charge in [0.1, 0.15) is 11.9 Å². The van der Waals surface area contributed by atoms with Crippen molar-refractivity contribution in [1.82, 2.24) is 14.9 Å². The molecule has 2 aliphatic heterocycles. The second kappa shape index (κ2) is 8.78. The Hall–Kier alpha value is -3.14. The minimum atomic E-state index is -3.67. The van der Waals surface area contributed by atoms with E-state index in [4.69, 9.17) is 4.42 Å². The zero-order chi connectivity index (χ0) is 22.9. The number of likely N-dealkylation sites (tertiary alicyclic amines) is 1. The van der Waals surface area contributed by atoms with E-state index in [1.165, 1.54) is 12.3 Å². The van der Waals surface area contributed by atoms with E-state index >= 15 is 0 Å². The number of sulfonamides is 1. The van der Waals surface area contributed by atoms with E-state index in [9.17, 15) is 18.0 Å². The summed E-state index contributed by atoms with van der Waals surface area (Å²) in [7, 11) is -3.67. The van der Waals surface area contributed by atoms with Crippen molar-refractivity contribution in [3.05, 3.63) is 54.0 Å². The fraction of sp³-hybridized carbons (Fsp3) is 0.409. The van der Waals surface area contributed by atoms with Gasteiger partial charge >= 0.3 is 0 Å². The highest BCUT2D eigenvalue weighted by Gasteiger charge is 2.33. The van der Waals surface area contributed by atoms with Gasteiger partial charge in [-0.25, -0.2) is 8.42 Å². The molecule has 1 fully saturated rings. The lowest BCUT2D eigenvalue weighted by Crippen LogP contribution is -2.49. The molecule has 2 aliphatic rings. The molecule has 9 nitrogen and oxygen atoms in total. The van der Waals surface area contributed by atoms with Crippen molar-refractivity contribution in [3.63, 3.8) is 0 Å². The SMILES string of the molecule is CC(C)[C@H](N=C1NS(=O)(=O)c2ccccc21)C(=O)NC1CCN(C(=O)c2ccco2)CC1. The van der Waals surface area contributed by atoms with Crippen molar-refractivity contribution in [1.29, 1.82) is 0 Å². The molecule has 1 aromatic carbocycles. The van der Waals surface area contributed by atoms with Crippen LogP contribution in [0.2, 0.25) is 0 Å². The van der Waals surface area contributed by atoms with Crippen molar-refractivity contribution in [3.8, 4) is 0 Å². The second-order valence-electron chi connectivity index (χ2n) is 8.32. The van der Waals surface area contributed by atoms with Gasteiger partial charge in [0.25, 0.3) is 15.9 Å². The Bertz CT molecular complexity index is 1130. The number of carbonyl (C=O) groups excluding carboxylic acids is 2. The molecule has 0 saturated carbocycles. The molecule has 2 N–H and O–H groups in total. The van der Waals surface area contributed by atoms with Crippen LogP contribution in [0.5, 0.6) is 0 Å². The van der Waals surface area contributed by atoms with Gasteiger partial charge in [-0.1, -0.05) is 26.0 Å². The van der Waals surface area contributed by atoms with Crippen molar-refractivity contribution < 1.29 is 22.4 Å². The number of furan rings is 1. The van der Waals surface area contributed by atoms with Crippen LogP contribution in [0.3, 0.4) is 0 Å². The molecule has 0 radical (unpaired) electrons. The minimum absolute atomic E-state index is 0.0860. The number of hydrogen-bond acceptors (Lipinski definition) is 6. The molecular weight excluding hydrogens is 432 g/mol. The highest BCUT2D eigenvalue weighted by molar-refractivity contribution is 7.90. The first-order valence-electron chi connectivity index (χ1n) is 10.6. The summed E-state index contributed by atoms with van der Waals surface area (Å²) in [6, 6.07) is 9.05. The van der Waals surface area contributed by atoms with Crippen LogP contribution >= 0.6 is 0 Å². The lowest BCUT2D eigenvalue weighted by Gasteiger charge is -2.32. The maximum Gasteiger partial charge on any atom is 0.289 e. The quantitative estimate of drug-likeness (QED) is 0.707. The summed E-state index contributed by atoms with van der Waals surface area (Å²) >= 11 is 0. The van der Waals surface area contributed by atoms with E-state index in [-0.39, 0.29) is 34.5 Å². The number of carbonyl (C=O) groups is 2. The Morgan fingerprint density at radius 3 is 2.53 bits per heavy atom. The number of fused-ring (bicyclic) bond motifs is 1. The topological polar surface area (TPSA) is 121 Å². The molecule has 10 heteroatoms. The van der Waals surface area contributed by atoms with Gasteiger partial charge in [0, 0.05) is 24.7 Å². The van der Waals surface area contributed by atoms with Gasteiger partial charge in [0.2, 0.25) is 5.91 Å². The summed E-state index contributed by atoms with van der Waals surface area (Å²) in [6.07, 6.45) is 2.71. The molecule has 170 valence electrons. The third kappa shape index (κ3) is 4.40. The fourth-order valence-corrected chi connectivity index (χ4v) is 5.19. The van der Waals surface area contributed by atoms with E-state index in [0.29, 0.717) is 37.3 Å². The average Bonchev–Trinajstić information content (AvgIpc) is 3.39. The molecule has 32 heavy (non-hydrogen) atoms. The Labute approximate surface area is 186 Å². The van der Waals surface area contributed by atoms with E-state index in [1.807, 2.05) is 13.8 Å². The summed E-state index contributed by atoms with van der Waals surface area (Å²) in [5, 5.41) is 3.03. The molecule has 0 bridgehead atoms. The monoisotopic (exact) mass is 458 g/mol.